The monoisotopic (exact) mass is 519 g/mol. The van der Waals surface area contributed by atoms with Gasteiger partial charge in [0.2, 0.25) is 0 Å². The van der Waals surface area contributed by atoms with Crippen molar-refractivity contribution in [3.8, 4) is 11.8 Å². The number of ether oxygens (including phenoxy) is 2. The van der Waals surface area contributed by atoms with E-state index in [0.717, 1.165) is 72.3 Å². The lowest BCUT2D eigenvalue weighted by molar-refractivity contribution is 0.0181. The summed E-state index contributed by atoms with van der Waals surface area (Å²) < 4.78 is 17.5. The molecule has 2 aromatic heterocycles. The van der Waals surface area contributed by atoms with Gasteiger partial charge >= 0.3 is 6.09 Å². The van der Waals surface area contributed by atoms with Crippen molar-refractivity contribution >= 4 is 17.1 Å². The molecule has 0 unspecified atom stereocenters. The van der Waals surface area contributed by atoms with Crippen molar-refractivity contribution in [3.63, 3.8) is 0 Å². The Labute approximate surface area is 224 Å². The van der Waals surface area contributed by atoms with Gasteiger partial charge in [0.1, 0.15) is 29.7 Å². The van der Waals surface area contributed by atoms with E-state index < -0.39 is 5.60 Å². The maximum Gasteiger partial charge on any atom is 0.410 e. The summed E-state index contributed by atoms with van der Waals surface area (Å²) in [5, 5.41) is 14.4. The zero-order chi connectivity index (χ0) is 27.3. The molecule has 4 rings (SSSR count). The number of rotatable bonds is 8. The second-order valence-corrected chi connectivity index (χ2v) is 11.2. The largest absolute Gasteiger partial charge is 0.488 e. The number of piperidine rings is 1. The third-order valence-electron chi connectivity index (χ3n) is 6.64. The first-order chi connectivity index (χ1) is 18.1. The maximum atomic E-state index is 12.4. The number of fused-ring (bicyclic) bond motifs is 1. The van der Waals surface area contributed by atoms with Gasteiger partial charge in [0.15, 0.2) is 5.58 Å². The molecule has 0 saturated carbocycles. The molecule has 1 amide bonds. The molecule has 0 bridgehead atoms. The van der Waals surface area contributed by atoms with E-state index in [1.165, 1.54) is 0 Å². The van der Waals surface area contributed by atoms with E-state index in [1.54, 1.807) is 12.3 Å². The first-order valence-corrected chi connectivity index (χ1v) is 13.1. The molecule has 1 aliphatic rings. The summed E-state index contributed by atoms with van der Waals surface area (Å²) in [6.07, 6.45) is 5.18. The Balaban J connectivity index is 1.40. The van der Waals surface area contributed by atoms with Crippen LogP contribution in [0.25, 0.3) is 11.0 Å². The summed E-state index contributed by atoms with van der Waals surface area (Å²) in [5.41, 5.74) is 3.46. The molecule has 0 N–H and O–H groups in total. The van der Waals surface area contributed by atoms with Gasteiger partial charge in [-0.3, -0.25) is 0 Å². The molecule has 3 heterocycles. The number of hydrogen-bond donors (Lipinski definition) is 0. The first kappa shape index (κ1) is 27.4. The van der Waals surface area contributed by atoms with Gasteiger partial charge in [-0.1, -0.05) is 11.2 Å². The van der Waals surface area contributed by atoms with Crippen molar-refractivity contribution in [3.05, 3.63) is 53.0 Å². The summed E-state index contributed by atoms with van der Waals surface area (Å²) in [4.78, 5) is 20.4. The summed E-state index contributed by atoms with van der Waals surface area (Å²) in [5.74, 6) is 1.28. The molecule has 0 aliphatic carbocycles. The first-order valence-electron chi connectivity index (χ1n) is 13.1. The highest BCUT2D eigenvalue weighted by molar-refractivity contribution is 5.84. The molecular formula is C29H37N5O4. The smallest absolute Gasteiger partial charge is 0.410 e. The van der Waals surface area contributed by atoms with Crippen molar-refractivity contribution in [2.45, 2.75) is 65.2 Å². The van der Waals surface area contributed by atoms with Crippen LogP contribution in [0.3, 0.4) is 0 Å². The molecule has 3 aromatic rings. The summed E-state index contributed by atoms with van der Waals surface area (Å²) in [6, 6.07) is 9.57. The third kappa shape index (κ3) is 7.01. The fraction of sp³-hybridized carbons (Fsp3) is 0.517. The number of nitriles is 1. The van der Waals surface area contributed by atoms with E-state index in [0.29, 0.717) is 24.8 Å². The van der Waals surface area contributed by atoms with Crippen LogP contribution in [0.4, 0.5) is 4.79 Å². The topological polar surface area (TPSA) is 105 Å². The molecule has 0 spiro atoms. The van der Waals surface area contributed by atoms with Crippen molar-refractivity contribution in [1.29, 1.82) is 5.26 Å². The fourth-order valence-electron chi connectivity index (χ4n) is 4.68. The van der Waals surface area contributed by atoms with E-state index in [4.69, 9.17) is 19.3 Å². The van der Waals surface area contributed by atoms with Crippen molar-refractivity contribution < 1.29 is 18.8 Å². The lowest BCUT2D eigenvalue weighted by Crippen LogP contribution is -2.41. The number of carbonyl (C=O) groups excluding carboxylic acids is 1. The number of aromatic nitrogens is 2. The van der Waals surface area contributed by atoms with Crippen LogP contribution < -0.4 is 4.74 Å². The number of carbonyl (C=O) groups is 1. The van der Waals surface area contributed by atoms with Crippen LogP contribution in [-0.4, -0.2) is 58.8 Å². The van der Waals surface area contributed by atoms with Gasteiger partial charge in [0.25, 0.3) is 0 Å². The number of amides is 1. The van der Waals surface area contributed by atoms with Crippen molar-refractivity contribution in [2.75, 3.05) is 27.2 Å². The number of benzene rings is 1. The van der Waals surface area contributed by atoms with Crippen LogP contribution in [-0.2, 0) is 24.3 Å². The average molecular weight is 520 g/mol. The lowest BCUT2D eigenvalue weighted by Gasteiger charge is -2.33. The van der Waals surface area contributed by atoms with Gasteiger partial charge in [0, 0.05) is 36.8 Å². The molecule has 202 valence electrons. The second-order valence-electron chi connectivity index (χ2n) is 11.2. The molecule has 9 heteroatoms. The van der Waals surface area contributed by atoms with Gasteiger partial charge in [-0.25, -0.2) is 9.78 Å². The normalized spacial score (nSPS) is 14.6. The van der Waals surface area contributed by atoms with E-state index in [1.807, 2.05) is 64.0 Å². The number of likely N-dealkylation sites (tertiary alicyclic amines) is 1. The van der Waals surface area contributed by atoms with Crippen LogP contribution in [0.5, 0.6) is 5.75 Å². The average Bonchev–Trinajstić information content (AvgIpc) is 3.29. The Morgan fingerprint density at radius 1 is 1.21 bits per heavy atom. The van der Waals surface area contributed by atoms with Gasteiger partial charge < -0.3 is 23.8 Å². The summed E-state index contributed by atoms with van der Waals surface area (Å²) in [6.45, 7) is 8.12. The fourth-order valence-corrected chi connectivity index (χ4v) is 4.68. The Kier molecular flexibility index (Phi) is 8.52. The zero-order valence-corrected chi connectivity index (χ0v) is 23.0. The van der Waals surface area contributed by atoms with Crippen LogP contribution in [0.15, 0.2) is 35.0 Å². The lowest BCUT2D eigenvalue weighted by atomic mass is 9.91. The molecule has 1 aliphatic heterocycles. The van der Waals surface area contributed by atoms with Crippen LogP contribution in [0, 0.1) is 17.2 Å². The molecule has 0 radical (unpaired) electrons. The minimum atomic E-state index is -0.473. The second kappa shape index (κ2) is 11.8. The molecule has 38 heavy (non-hydrogen) atoms. The highest BCUT2D eigenvalue weighted by Gasteiger charge is 2.27. The molecule has 9 nitrogen and oxygen atoms in total. The summed E-state index contributed by atoms with van der Waals surface area (Å²) in [7, 11) is 4.02. The SMILES string of the molecule is CN(C)Cc1c(OCc2ccc(C#N)nc2)ccc2c(CCC3CCN(C(=O)OC(C)(C)C)CC3)noc12. The standard InChI is InChI=1S/C29H37N5O4/c1-29(2,3)37-28(35)34-14-12-20(13-15-34)7-10-25-23-9-11-26(24(18-33(4)5)27(23)38-32-25)36-19-21-6-8-22(16-30)31-17-21/h6,8-9,11,17,20H,7,10,12-15,18-19H2,1-5H3. The Hall–Kier alpha value is -3.64. The molecule has 1 aromatic carbocycles. The predicted octanol–water partition coefficient (Wildman–Crippen LogP) is 5.31. The Bertz CT molecular complexity index is 1280. The Morgan fingerprint density at radius 3 is 2.61 bits per heavy atom. The van der Waals surface area contributed by atoms with Gasteiger partial charge in [-0.15, -0.1) is 0 Å². The highest BCUT2D eigenvalue weighted by Crippen LogP contribution is 2.33. The van der Waals surface area contributed by atoms with E-state index in [2.05, 4.69) is 15.0 Å². The zero-order valence-electron chi connectivity index (χ0n) is 23.0. The van der Waals surface area contributed by atoms with Crippen LogP contribution in [0.2, 0.25) is 0 Å². The Morgan fingerprint density at radius 2 is 1.97 bits per heavy atom. The van der Waals surface area contributed by atoms with E-state index in [9.17, 15) is 4.79 Å². The molecule has 0 atom stereocenters. The van der Waals surface area contributed by atoms with Gasteiger partial charge in [-0.05, 0) is 84.7 Å². The third-order valence-corrected chi connectivity index (χ3v) is 6.64. The van der Waals surface area contributed by atoms with E-state index in [-0.39, 0.29) is 6.09 Å². The van der Waals surface area contributed by atoms with E-state index >= 15 is 0 Å². The minimum absolute atomic E-state index is 0.222. The number of aryl methyl sites for hydroxylation is 1. The molecular weight excluding hydrogens is 482 g/mol. The quantitative estimate of drug-likeness (QED) is 0.394. The van der Waals surface area contributed by atoms with Crippen LogP contribution in [0.1, 0.15) is 62.5 Å². The van der Waals surface area contributed by atoms with Gasteiger partial charge in [0.05, 0.1) is 11.3 Å². The van der Waals surface area contributed by atoms with Crippen LogP contribution >= 0.6 is 0 Å². The van der Waals surface area contributed by atoms with Gasteiger partial charge in [-0.2, -0.15) is 5.26 Å². The predicted molar refractivity (Wildman–Crippen MR) is 144 cm³/mol. The minimum Gasteiger partial charge on any atom is -0.488 e. The summed E-state index contributed by atoms with van der Waals surface area (Å²) >= 11 is 0. The molecule has 1 fully saturated rings. The maximum absolute atomic E-state index is 12.4. The van der Waals surface area contributed by atoms with Crippen molar-refractivity contribution in [1.82, 2.24) is 19.9 Å². The molecule has 1 saturated heterocycles. The van der Waals surface area contributed by atoms with Crippen molar-refractivity contribution in [2.24, 2.45) is 5.92 Å². The number of pyridine rings is 1. The number of hydrogen-bond acceptors (Lipinski definition) is 8. The highest BCUT2D eigenvalue weighted by atomic mass is 16.6. The number of nitrogens with zero attached hydrogens (tertiary/aromatic N) is 5.